The van der Waals surface area contributed by atoms with Gasteiger partial charge in [0.15, 0.2) is 0 Å². The lowest BCUT2D eigenvalue weighted by molar-refractivity contribution is -0.903. The van der Waals surface area contributed by atoms with Crippen molar-refractivity contribution in [2.24, 2.45) is 5.92 Å². The number of rotatable bonds is 19. The molecule has 212 valence electrons. The monoisotopic (exact) mass is 518 g/mol. The number of carbonyl (C=O) groups is 1. The molecule has 2 unspecified atom stereocenters. The lowest BCUT2D eigenvalue weighted by Gasteiger charge is -2.34. The van der Waals surface area contributed by atoms with Crippen LogP contribution in [-0.2, 0) is 22.7 Å². The van der Waals surface area contributed by atoms with Gasteiger partial charge in [0.2, 0.25) is 12.2 Å². The highest BCUT2D eigenvalue weighted by Crippen LogP contribution is 2.35. The third kappa shape index (κ3) is 11.7. The van der Waals surface area contributed by atoms with Gasteiger partial charge in [0.25, 0.3) is 0 Å². The zero-order valence-corrected chi connectivity index (χ0v) is 24.9. The van der Waals surface area contributed by atoms with Gasteiger partial charge < -0.3 is 19.3 Å². The molecule has 2 rings (SSSR count). The second kappa shape index (κ2) is 17.0. The number of fused-ring (bicyclic) bond motifs is 1. The molecule has 1 amide bonds. The molecule has 0 aliphatic carbocycles. The Morgan fingerprint density at radius 3 is 2.46 bits per heavy atom. The summed E-state index contributed by atoms with van der Waals surface area (Å²) in [4.78, 5) is 16.7. The first-order valence-electron chi connectivity index (χ1n) is 15.1. The number of carbonyl (C=O) groups excluding carboxylic acids is 1. The van der Waals surface area contributed by atoms with Gasteiger partial charge in [0, 0.05) is 42.6 Å². The van der Waals surface area contributed by atoms with Crippen LogP contribution in [0.5, 0.6) is 5.75 Å². The van der Waals surface area contributed by atoms with Crippen LogP contribution in [0.25, 0.3) is 0 Å². The molecule has 0 bridgehead atoms. The Morgan fingerprint density at radius 1 is 1.05 bits per heavy atom. The Balaban J connectivity index is 1.82. The highest BCUT2D eigenvalue weighted by molar-refractivity contribution is 5.75. The molecule has 1 aliphatic rings. The fourth-order valence-corrected chi connectivity index (χ4v) is 5.18. The van der Waals surface area contributed by atoms with Gasteiger partial charge in [-0.25, -0.2) is 0 Å². The molecule has 6 heteroatoms. The van der Waals surface area contributed by atoms with Gasteiger partial charge in [-0.05, 0) is 19.8 Å². The van der Waals surface area contributed by atoms with Crippen molar-refractivity contribution in [3.63, 3.8) is 0 Å². The summed E-state index contributed by atoms with van der Waals surface area (Å²) in [7, 11) is 4.49. The predicted molar refractivity (Wildman–Crippen MR) is 152 cm³/mol. The van der Waals surface area contributed by atoms with E-state index < -0.39 is 0 Å². The van der Waals surface area contributed by atoms with Crippen LogP contribution in [0.3, 0.4) is 0 Å². The third-order valence-electron chi connectivity index (χ3n) is 7.63. The van der Waals surface area contributed by atoms with Crippen molar-refractivity contribution in [2.75, 3.05) is 27.2 Å². The molecule has 0 saturated carbocycles. The van der Waals surface area contributed by atoms with E-state index in [1.807, 2.05) is 13.1 Å². The van der Waals surface area contributed by atoms with E-state index in [1.165, 1.54) is 50.5 Å². The number of hydrogen-bond donors (Lipinski definition) is 1. The number of ether oxygens (including phenoxy) is 2. The van der Waals surface area contributed by atoms with Crippen LogP contribution < -0.4 is 10.1 Å². The minimum Gasteiger partial charge on any atom is -0.462 e. The third-order valence-corrected chi connectivity index (χ3v) is 7.63. The molecule has 1 N–H and O–H groups in total. The molecule has 0 fully saturated rings. The summed E-state index contributed by atoms with van der Waals surface area (Å²) in [5, 5.41) is 3.08. The van der Waals surface area contributed by atoms with E-state index in [-0.39, 0.29) is 12.2 Å². The fourth-order valence-electron chi connectivity index (χ4n) is 5.18. The first-order chi connectivity index (χ1) is 17.8. The Kier molecular flexibility index (Phi) is 14.5. The van der Waals surface area contributed by atoms with E-state index in [9.17, 15) is 4.79 Å². The van der Waals surface area contributed by atoms with Crippen molar-refractivity contribution in [3.05, 3.63) is 23.0 Å². The Bertz CT molecular complexity index is 796. The average Bonchev–Trinajstić information content (AvgIpc) is 2.87. The second-order valence-electron chi connectivity index (χ2n) is 11.8. The van der Waals surface area contributed by atoms with Gasteiger partial charge in [-0.1, -0.05) is 78.6 Å². The minimum atomic E-state index is -0.188. The summed E-state index contributed by atoms with van der Waals surface area (Å²) in [6, 6.07) is 0. The van der Waals surface area contributed by atoms with E-state index in [2.05, 4.69) is 45.2 Å². The number of nitrogens with zero attached hydrogens (tertiary/aromatic N) is 2. The van der Waals surface area contributed by atoms with Crippen LogP contribution in [0.15, 0.2) is 6.20 Å². The van der Waals surface area contributed by atoms with E-state index in [1.54, 1.807) is 0 Å². The minimum absolute atomic E-state index is 0.181. The van der Waals surface area contributed by atoms with Crippen LogP contribution in [0.4, 0.5) is 0 Å². The van der Waals surface area contributed by atoms with Crippen molar-refractivity contribution >= 4 is 5.91 Å². The molecule has 1 aromatic heterocycles. The van der Waals surface area contributed by atoms with Crippen molar-refractivity contribution in [1.82, 2.24) is 10.3 Å². The predicted octanol–water partition coefficient (Wildman–Crippen LogP) is 7.06. The largest absolute Gasteiger partial charge is 0.462 e. The van der Waals surface area contributed by atoms with Crippen LogP contribution in [0.2, 0.25) is 0 Å². The summed E-state index contributed by atoms with van der Waals surface area (Å²) in [6.07, 6.45) is 17.1. The maximum Gasteiger partial charge on any atom is 0.219 e. The van der Waals surface area contributed by atoms with Crippen molar-refractivity contribution in [1.29, 1.82) is 0 Å². The molecule has 0 radical (unpaired) electrons. The van der Waals surface area contributed by atoms with Gasteiger partial charge in [-0.15, -0.1) is 0 Å². The second-order valence-corrected chi connectivity index (χ2v) is 11.8. The van der Waals surface area contributed by atoms with E-state index in [4.69, 9.17) is 9.47 Å². The van der Waals surface area contributed by atoms with Crippen LogP contribution in [0, 0.1) is 12.8 Å². The molecule has 2 atom stereocenters. The van der Waals surface area contributed by atoms with Gasteiger partial charge in [-0.2, -0.15) is 0 Å². The maximum atomic E-state index is 12.0. The number of hydrogen-bond acceptors (Lipinski definition) is 4. The Morgan fingerprint density at radius 2 is 1.73 bits per heavy atom. The quantitative estimate of drug-likeness (QED) is 0.157. The molecular weight excluding hydrogens is 462 g/mol. The molecule has 6 nitrogen and oxygen atoms in total. The molecular formula is C31H56N3O3+. The molecule has 0 aromatic carbocycles. The number of nitrogens with one attached hydrogen (secondary N) is 1. The van der Waals surface area contributed by atoms with E-state index in [0.29, 0.717) is 18.9 Å². The van der Waals surface area contributed by atoms with Crippen molar-refractivity contribution < 1.29 is 18.8 Å². The first-order valence-corrected chi connectivity index (χ1v) is 15.1. The number of aryl methyl sites for hydroxylation is 1. The summed E-state index contributed by atoms with van der Waals surface area (Å²) >= 11 is 0. The summed E-state index contributed by atoms with van der Waals surface area (Å²) in [5.41, 5.74) is 3.31. The zero-order valence-electron chi connectivity index (χ0n) is 24.9. The molecule has 0 saturated heterocycles. The van der Waals surface area contributed by atoms with Crippen LogP contribution in [-0.4, -0.2) is 48.8 Å². The highest BCUT2D eigenvalue weighted by Gasteiger charge is 2.30. The van der Waals surface area contributed by atoms with E-state index in [0.717, 1.165) is 73.2 Å². The first kappa shape index (κ1) is 31.6. The lowest BCUT2D eigenvalue weighted by Crippen LogP contribution is -2.42. The zero-order chi connectivity index (χ0) is 27.1. The van der Waals surface area contributed by atoms with Crippen molar-refractivity contribution in [3.8, 4) is 5.75 Å². The summed E-state index contributed by atoms with van der Waals surface area (Å²) < 4.78 is 13.5. The molecule has 1 aromatic rings. The molecule has 0 spiro atoms. The molecule has 37 heavy (non-hydrogen) atoms. The van der Waals surface area contributed by atoms with Gasteiger partial charge in [0.05, 0.1) is 32.9 Å². The van der Waals surface area contributed by atoms with Gasteiger partial charge in [-0.3, -0.25) is 9.78 Å². The normalized spacial score (nSPS) is 16.2. The number of quaternary nitrogens is 1. The number of aromatic nitrogens is 1. The smallest absolute Gasteiger partial charge is 0.219 e. The van der Waals surface area contributed by atoms with Crippen LogP contribution >= 0.6 is 0 Å². The number of pyridine rings is 1. The Labute approximate surface area is 227 Å². The maximum absolute atomic E-state index is 12.0. The number of amides is 1. The van der Waals surface area contributed by atoms with Gasteiger partial charge >= 0.3 is 0 Å². The molecule has 1 aliphatic heterocycles. The topological polar surface area (TPSA) is 60.5 Å². The van der Waals surface area contributed by atoms with E-state index >= 15 is 0 Å². The van der Waals surface area contributed by atoms with Gasteiger partial charge in [0.1, 0.15) is 12.3 Å². The standard InChI is InChI=1S/C31H55N3O3/c1-7-9-11-12-13-14-16-18-25(3)31-36-24-28-27(22-33-26(4)30(28)37-31)23-34(5,6)21-17-20-32-29(35)19-15-10-8-2/h22,25,31H,7-21,23-24H2,1-6H3/p+1. The Hall–Kier alpha value is -1.66. The average molecular weight is 519 g/mol. The summed E-state index contributed by atoms with van der Waals surface area (Å²) in [6.45, 7) is 11.9. The fraction of sp³-hybridized carbons (Fsp3) is 0.806. The summed E-state index contributed by atoms with van der Waals surface area (Å²) in [5.74, 6) is 1.48. The lowest BCUT2D eigenvalue weighted by atomic mass is 10.00. The van der Waals surface area contributed by atoms with Crippen LogP contribution in [0.1, 0.15) is 121 Å². The highest BCUT2D eigenvalue weighted by atomic mass is 16.7. The number of unbranched alkanes of at least 4 members (excludes halogenated alkanes) is 8. The molecule has 2 heterocycles. The van der Waals surface area contributed by atoms with Crippen molar-refractivity contribution in [2.45, 2.75) is 131 Å². The SMILES string of the molecule is CCCCCCCCCC(C)C1OCc2c(C[N+](C)(C)CCCNC(=O)CCCCC)cnc(C)c2O1.